The molecule has 52 heavy (non-hydrogen) atoms. The smallest absolute Gasteiger partial charge is 0.306 e. The molecular weight excluding hydrogens is 677 g/mol. The first-order chi connectivity index (χ1) is 25.0. The number of rotatable bonds is 37. The maximum Gasteiger partial charge on any atom is 0.306 e. The summed E-state index contributed by atoms with van der Waals surface area (Å²) in [7, 11) is 1.15. The zero-order valence-corrected chi connectivity index (χ0v) is 34.9. The summed E-state index contributed by atoms with van der Waals surface area (Å²) in [5.41, 5.74) is 0. The quantitative estimate of drug-likeness (QED) is 0.0203. The Hall–Kier alpha value is -1.77. The van der Waals surface area contributed by atoms with E-state index in [1.54, 1.807) is 0 Å². The van der Waals surface area contributed by atoms with E-state index in [0.717, 1.165) is 70.6 Å². The molecule has 0 N–H and O–H groups in total. The van der Waals surface area contributed by atoms with Crippen molar-refractivity contribution < 1.29 is 42.1 Å². The summed E-state index contributed by atoms with van der Waals surface area (Å²) in [6.45, 7) is 4.09. The summed E-state index contributed by atoms with van der Waals surface area (Å²) in [6, 6.07) is 0. The minimum Gasteiger partial charge on any atom is -0.756 e. The molecule has 0 saturated carbocycles. The summed E-state index contributed by atoms with van der Waals surface area (Å²) in [5, 5.41) is 0. The monoisotopic (exact) mass is 756 g/mol. The van der Waals surface area contributed by atoms with Gasteiger partial charge in [0.2, 0.25) is 0 Å². The first-order valence-electron chi connectivity index (χ1n) is 20.7. The maximum absolute atomic E-state index is 12.6. The van der Waals surface area contributed by atoms with Gasteiger partial charge in [-0.15, -0.1) is 0 Å². The van der Waals surface area contributed by atoms with Gasteiger partial charge in [0.25, 0.3) is 7.82 Å². The Labute approximate surface area is 319 Å². The summed E-state index contributed by atoms with van der Waals surface area (Å²) in [4.78, 5) is 37.4. The van der Waals surface area contributed by atoms with E-state index in [4.69, 9.17) is 18.5 Å². The van der Waals surface area contributed by atoms with Crippen molar-refractivity contribution in [1.82, 2.24) is 0 Å². The van der Waals surface area contributed by atoms with E-state index in [9.17, 15) is 19.0 Å². The number of hydrogen-bond acceptors (Lipinski definition) is 8. The lowest BCUT2D eigenvalue weighted by atomic mass is 10.0. The summed E-state index contributed by atoms with van der Waals surface area (Å²) < 4.78 is 33.8. The average molecular weight is 756 g/mol. The molecule has 0 aromatic carbocycles. The average Bonchev–Trinajstić information content (AvgIpc) is 3.09. The van der Waals surface area contributed by atoms with Crippen molar-refractivity contribution in [2.45, 2.75) is 174 Å². The number of carbonyl (C=O) groups excluding carboxylic acids is 2. The molecule has 0 aliphatic carbocycles. The van der Waals surface area contributed by atoms with E-state index < -0.39 is 26.5 Å². The van der Waals surface area contributed by atoms with Crippen LogP contribution in [0.3, 0.4) is 0 Å². The van der Waals surface area contributed by atoms with Crippen LogP contribution in [0.15, 0.2) is 36.5 Å². The van der Waals surface area contributed by atoms with Crippen LogP contribution >= 0.6 is 7.82 Å². The van der Waals surface area contributed by atoms with Gasteiger partial charge in [-0.25, -0.2) is 0 Å². The maximum atomic E-state index is 12.6. The lowest BCUT2D eigenvalue weighted by Crippen LogP contribution is -2.37. The topological polar surface area (TPSA) is 111 Å². The Bertz CT molecular complexity index is 991. The van der Waals surface area contributed by atoms with Gasteiger partial charge in [-0.05, 0) is 44.9 Å². The molecule has 0 rings (SSSR count). The second-order valence-corrected chi connectivity index (χ2v) is 16.4. The Balaban J connectivity index is 4.42. The van der Waals surface area contributed by atoms with Gasteiger partial charge < -0.3 is 27.9 Å². The number of quaternary nitrogens is 1. The summed E-state index contributed by atoms with van der Waals surface area (Å²) >= 11 is 0. The standard InChI is InChI=1S/C42H78NO8P/c1-6-8-10-12-14-16-18-20-21-23-25-27-29-31-33-35-42(45)51-40(39-50-52(46,47)49-37-36-43(3,4)5)38-48-41(44)34-32-30-28-26-24-22-19-17-15-13-11-9-7-2/h8,10,14,16,20-21,40H,6-7,9,11-13,15,17-19,22-39H2,1-5H3/b10-8-,16-14-,21-20-. The normalized spacial score (nSPS) is 14.0. The van der Waals surface area contributed by atoms with Gasteiger partial charge >= 0.3 is 11.9 Å². The second-order valence-electron chi connectivity index (χ2n) is 15.0. The molecule has 304 valence electrons. The predicted octanol–water partition coefficient (Wildman–Crippen LogP) is 10.7. The Morgan fingerprint density at radius 2 is 1.10 bits per heavy atom. The number of phosphoric acid groups is 1. The van der Waals surface area contributed by atoms with Crippen LogP contribution in [0, 0.1) is 0 Å². The summed E-state index contributed by atoms with van der Waals surface area (Å²) in [6.07, 6.45) is 37.4. The number of carbonyl (C=O) groups is 2. The first kappa shape index (κ1) is 50.2. The Morgan fingerprint density at radius 3 is 1.63 bits per heavy atom. The number of likely N-dealkylation sites (N-methyl/N-ethyl adjacent to an activating group) is 1. The number of hydrogen-bond donors (Lipinski definition) is 0. The van der Waals surface area contributed by atoms with Crippen molar-refractivity contribution in [3.05, 3.63) is 36.5 Å². The molecular formula is C42H78NO8P. The molecule has 2 unspecified atom stereocenters. The zero-order valence-electron chi connectivity index (χ0n) is 34.0. The molecule has 0 aromatic heterocycles. The zero-order chi connectivity index (χ0) is 38.6. The van der Waals surface area contributed by atoms with Gasteiger partial charge in [0.15, 0.2) is 6.10 Å². The molecule has 2 atom stereocenters. The highest BCUT2D eigenvalue weighted by atomic mass is 31.2. The van der Waals surface area contributed by atoms with Crippen molar-refractivity contribution in [3.63, 3.8) is 0 Å². The third-order valence-electron chi connectivity index (χ3n) is 8.67. The highest BCUT2D eigenvalue weighted by Crippen LogP contribution is 2.38. The van der Waals surface area contributed by atoms with Crippen LogP contribution in [0.1, 0.15) is 168 Å². The lowest BCUT2D eigenvalue weighted by molar-refractivity contribution is -0.870. The van der Waals surface area contributed by atoms with Crippen molar-refractivity contribution in [1.29, 1.82) is 0 Å². The van der Waals surface area contributed by atoms with Crippen LogP contribution in [-0.2, 0) is 32.7 Å². The summed E-state index contributed by atoms with van der Waals surface area (Å²) in [5.74, 6) is -0.853. The van der Waals surface area contributed by atoms with E-state index in [1.165, 1.54) is 64.2 Å². The molecule has 0 fully saturated rings. The highest BCUT2D eigenvalue weighted by Gasteiger charge is 2.21. The lowest BCUT2D eigenvalue weighted by Gasteiger charge is -2.28. The number of allylic oxidation sites excluding steroid dienone is 6. The van der Waals surface area contributed by atoms with Crippen LogP contribution < -0.4 is 4.89 Å². The van der Waals surface area contributed by atoms with Crippen molar-refractivity contribution in [3.8, 4) is 0 Å². The minimum atomic E-state index is -4.62. The van der Waals surface area contributed by atoms with Gasteiger partial charge in [-0.2, -0.15) is 0 Å². The van der Waals surface area contributed by atoms with Gasteiger partial charge in [-0.3, -0.25) is 14.2 Å². The highest BCUT2D eigenvalue weighted by molar-refractivity contribution is 7.45. The minimum absolute atomic E-state index is 0.0341. The van der Waals surface area contributed by atoms with Crippen molar-refractivity contribution >= 4 is 19.8 Å². The number of ether oxygens (including phenoxy) is 2. The van der Waals surface area contributed by atoms with Crippen LogP contribution in [-0.4, -0.2) is 70.0 Å². The molecule has 0 radical (unpaired) electrons. The van der Waals surface area contributed by atoms with Crippen LogP contribution in [0.25, 0.3) is 0 Å². The van der Waals surface area contributed by atoms with E-state index in [0.29, 0.717) is 17.4 Å². The predicted molar refractivity (Wildman–Crippen MR) is 213 cm³/mol. The molecule has 0 aromatic rings. The fraction of sp³-hybridized carbons (Fsp3) is 0.810. The van der Waals surface area contributed by atoms with E-state index in [1.807, 2.05) is 21.1 Å². The number of unbranched alkanes of at least 4 members (excludes halogenated alkanes) is 17. The second kappa shape index (κ2) is 35.0. The third kappa shape index (κ3) is 38.0. The number of nitrogens with zero attached hydrogens (tertiary/aromatic N) is 1. The molecule has 0 heterocycles. The van der Waals surface area contributed by atoms with Crippen LogP contribution in [0.5, 0.6) is 0 Å². The van der Waals surface area contributed by atoms with Gasteiger partial charge in [0.05, 0.1) is 27.7 Å². The van der Waals surface area contributed by atoms with Crippen LogP contribution in [0.4, 0.5) is 0 Å². The van der Waals surface area contributed by atoms with E-state index in [2.05, 4.69) is 50.3 Å². The van der Waals surface area contributed by atoms with Crippen molar-refractivity contribution in [2.24, 2.45) is 0 Å². The van der Waals surface area contributed by atoms with E-state index >= 15 is 0 Å². The van der Waals surface area contributed by atoms with Crippen molar-refractivity contribution in [2.75, 3.05) is 47.5 Å². The molecule has 0 saturated heterocycles. The molecule has 0 aliphatic heterocycles. The third-order valence-corrected chi connectivity index (χ3v) is 9.64. The largest absolute Gasteiger partial charge is 0.756 e. The molecule has 10 heteroatoms. The molecule has 0 aliphatic rings. The van der Waals surface area contributed by atoms with Gasteiger partial charge in [0, 0.05) is 12.8 Å². The number of phosphoric ester groups is 1. The molecule has 0 bridgehead atoms. The van der Waals surface area contributed by atoms with E-state index in [-0.39, 0.29) is 32.0 Å². The molecule has 0 spiro atoms. The Morgan fingerprint density at radius 1 is 0.615 bits per heavy atom. The number of esters is 2. The first-order valence-corrected chi connectivity index (χ1v) is 22.2. The Kier molecular flexibility index (Phi) is 33.8. The van der Waals surface area contributed by atoms with Crippen LogP contribution in [0.2, 0.25) is 0 Å². The fourth-order valence-electron chi connectivity index (χ4n) is 5.43. The fourth-order valence-corrected chi connectivity index (χ4v) is 6.16. The molecule has 0 amide bonds. The van der Waals surface area contributed by atoms with Gasteiger partial charge in [0.1, 0.15) is 19.8 Å². The van der Waals surface area contributed by atoms with Gasteiger partial charge in [-0.1, -0.05) is 147 Å². The molecule has 9 nitrogen and oxygen atoms in total. The SMILES string of the molecule is CC/C=C\C/C=C\C/C=C\CCCCCCCC(=O)OC(COC(=O)CCCCCCCCCCCCCCC)COP(=O)([O-])OCC[N+](C)(C)C.